The average Bonchev–Trinajstić information content (AvgIpc) is 2.91. The van der Waals surface area contributed by atoms with E-state index in [0.29, 0.717) is 5.76 Å². The highest BCUT2D eigenvalue weighted by Gasteiger charge is 2.37. The van der Waals surface area contributed by atoms with Gasteiger partial charge >= 0.3 is 17.6 Å². The quantitative estimate of drug-likeness (QED) is 0.491. The molecule has 1 aromatic carbocycles. The zero-order valence-corrected chi connectivity index (χ0v) is 12.4. The maximum absolute atomic E-state index is 12.8. The zero-order chi connectivity index (χ0) is 18.8. The third-order valence-corrected chi connectivity index (χ3v) is 2.95. The predicted molar refractivity (Wildman–Crippen MR) is 79.4 cm³/mol. The van der Waals surface area contributed by atoms with Crippen molar-refractivity contribution in [3.8, 4) is 0 Å². The van der Waals surface area contributed by atoms with E-state index in [-0.39, 0.29) is 17.9 Å². The van der Waals surface area contributed by atoms with E-state index >= 15 is 0 Å². The van der Waals surface area contributed by atoms with Crippen molar-refractivity contribution in [2.24, 2.45) is 5.10 Å². The summed E-state index contributed by atoms with van der Waals surface area (Å²) < 4.78 is 43.5. The molecule has 0 bridgehead atoms. The Kier molecular flexibility index (Phi) is 4.72. The Balaban J connectivity index is 2.49. The molecule has 0 saturated carbocycles. The highest BCUT2D eigenvalue weighted by atomic mass is 19.4. The van der Waals surface area contributed by atoms with Gasteiger partial charge in [-0.25, -0.2) is 0 Å². The number of nitro benzene ring substituents is 2. The molecule has 25 heavy (non-hydrogen) atoms. The molecule has 12 heteroatoms. The van der Waals surface area contributed by atoms with Crippen LogP contribution in [-0.4, -0.2) is 16.1 Å². The summed E-state index contributed by atoms with van der Waals surface area (Å²) >= 11 is 0. The molecule has 1 N–H and O–H groups in total. The van der Waals surface area contributed by atoms with Gasteiger partial charge in [0.1, 0.15) is 11.5 Å². The summed E-state index contributed by atoms with van der Waals surface area (Å²) in [4.78, 5) is 19.7. The third kappa shape index (κ3) is 4.10. The van der Waals surface area contributed by atoms with E-state index in [4.69, 9.17) is 4.42 Å². The van der Waals surface area contributed by atoms with Crippen molar-refractivity contribution in [1.29, 1.82) is 0 Å². The van der Waals surface area contributed by atoms with E-state index in [1.807, 2.05) is 5.43 Å². The van der Waals surface area contributed by atoms with Gasteiger partial charge in [-0.3, -0.25) is 25.7 Å². The standard InChI is InChI=1S/C13H9F3N4O5/c1-7-2-3-9(25-7)6-17-18-12-10(19(21)22)4-8(13(14,15)16)5-11(12)20(23)24/h2-6,18H,1H3/b17-6+. The summed E-state index contributed by atoms with van der Waals surface area (Å²) in [6, 6.07) is 3.50. The van der Waals surface area contributed by atoms with Gasteiger partial charge in [0, 0.05) is 12.1 Å². The maximum Gasteiger partial charge on any atom is 0.416 e. The molecular formula is C13H9F3N4O5. The number of halogens is 3. The van der Waals surface area contributed by atoms with Crippen LogP contribution in [-0.2, 0) is 6.18 Å². The van der Waals surface area contributed by atoms with Crippen LogP contribution < -0.4 is 5.43 Å². The van der Waals surface area contributed by atoms with Crippen LogP contribution in [0.3, 0.4) is 0 Å². The highest BCUT2D eigenvalue weighted by molar-refractivity contribution is 5.79. The second-order valence-electron chi connectivity index (χ2n) is 4.72. The van der Waals surface area contributed by atoms with Crippen molar-refractivity contribution in [1.82, 2.24) is 0 Å². The molecule has 2 rings (SSSR count). The number of nitrogens with one attached hydrogen (secondary N) is 1. The molecule has 0 aliphatic carbocycles. The molecule has 132 valence electrons. The number of hydrazone groups is 1. The molecule has 0 aliphatic rings. The van der Waals surface area contributed by atoms with Crippen molar-refractivity contribution in [3.63, 3.8) is 0 Å². The van der Waals surface area contributed by atoms with Gasteiger partial charge in [-0.2, -0.15) is 18.3 Å². The summed E-state index contributed by atoms with van der Waals surface area (Å²) in [6.07, 6.45) is -3.92. The summed E-state index contributed by atoms with van der Waals surface area (Å²) in [6.45, 7) is 1.65. The summed E-state index contributed by atoms with van der Waals surface area (Å²) in [5, 5.41) is 25.6. The fourth-order valence-corrected chi connectivity index (χ4v) is 1.86. The van der Waals surface area contributed by atoms with Gasteiger partial charge in [-0.05, 0) is 19.1 Å². The first-order valence-electron chi connectivity index (χ1n) is 6.49. The number of nitrogens with zero attached hydrogens (tertiary/aromatic N) is 3. The molecule has 0 radical (unpaired) electrons. The predicted octanol–water partition coefficient (Wildman–Crippen LogP) is 3.87. The van der Waals surface area contributed by atoms with E-state index in [2.05, 4.69) is 5.10 Å². The first-order valence-corrected chi connectivity index (χ1v) is 6.49. The van der Waals surface area contributed by atoms with Gasteiger partial charge in [-0.1, -0.05) is 0 Å². The van der Waals surface area contributed by atoms with E-state index in [0.717, 1.165) is 6.21 Å². The van der Waals surface area contributed by atoms with Gasteiger partial charge < -0.3 is 4.42 Å². The lowest BCUT2D eigenvalue weighted by molar-refractivity contribution is -0.392. The molecule has 0 aliphatic heterocycles. The Bertz CT molecular complexity index is 825. The van der Waals surface area contributed by atoms with Gasteiger partial charge in [-0.15, -0.1) is 0 Å². The average molecular weight is 358 g/mol. The number of rotatable bonds is 5. The molecule has 1 aromatic heterocycles. The summed E-state index contributed by atoms with van der Waals surface area (Å²) in [5.74, 6) is 0.787. The van der Waals surface area contributed by atoms with E-state index in [9.17, 15) is 33.4 Å². The van der Waals surface area contributed by atoms with Gasteiger partial charge in [0.05, 0.1) is 21.6 Å². The van der Waals surface area contributed by atoms with Crippen LogP contribution in [0.4, 0.5) is 30.2 Å². The van der Waals surface area contributed by atoms with Crippen LogP contribution >= 0.6 is 0 Å². The Hall–Kier alpha value is -3.44. The molecule has 0 spiro atoms. The monoisotopic (exact) mass is 358 g/mol. The number of hydrogen-bond donors (Lipinski definition) is 1. The number of benzene rings is 1. The Morgan fingerprint density at radius 1 is 1.16 bits per heavy atom. The number of aryl methyl sites for hydroxylation is 1. The van der Waals surface area contributed by atoms with Gasteiger partial charge in [0.25, 0.3) is 0 Å². The first-order chi connectivity index (χ1) is 11.6. The molecular weight excluding hydrogens is 349 g/mol. The van der Waals surface area contributed by atoms with Crippen molar-refractivity contribution in [2.75, 3.05) is 5.43 Å². The minimum atomic E-state index is -4.98. The Morgan fingerprint density at radius 2 is 1.72 bits per heavy atom. The third-order valence-electron chi connectivity index (χ3n) is 2.95. The van der Waals surface area contributed by atoms with Crippen molar-refractivity contribution >= 4 is 23.3 Å². The number of furan rings is 1. The Morgan fingerprint density at radius 3 is 2.12 bits per heavy atom. The van der Waals surface area contributed by atoms with Crippen LogP contribution in [0, 0.1) is 27.2 Å². The molecule has 0 amide bonds. The molecule has 0 atom stereocenters. The SMILES string of the molecule is Cc1ccc(/C=N/Nc2c([N+](=O)[O-])cc(C(F)(F)F)cc2[N+](=O)[O-])o1. The van der Waals surface area contributed by atoms with Gasteiger partial charge in [0.15, 0.2) is 0 Å². The first kappa shape index (κ1) is 17.9. The normalized spacial score (nSPS) is 11.7. The van der Waals surface area contributed by atoms with E-state index in [1.165, 1.54) is 6.07 Å². The second-order valence-corrected chi connectivity index (χ2v) is 4.72. The maximum atomic E-state index is 12.8. The lowest BCUT2D eigenvalue weighted by Gasteiger charge is -2.09. The minimum Gasteiger partial charge on any atom is -0.460 e. The number of hydrogen-bond acceptors (Lipinski definition) is 7. The molecule has 0 fully saturated rings. The van der Waals surface area contributed by atoms with Crippen molar-refractivity contribution in [2.45, 2.75) is 13.1 Å². The number of anilines is 1. The zero-order valence-electron chi connectivity index (χ0n) is 12.4. The highest BCUT2D eigenvalue weighted by Crippen LogP contribution is 2.41. The molecule has 2 aromatic rings. The lowest BCUT2D eigenvalue weighted by Crippen LogP contribution is -2.09. The van der Waals surface area contributed by atoms with Gasteiger partial charge in [0.2, 0.25) is 5.69 Å². The molecule has 1 heterocycles. The van der Waals surface area contributed by atoms with E-state index in [1.54, 1.807) is 13.0 Å². The topological polar surface area (TPSA) is 124 Å². The largest absolute Gasteiger partial charge is 0.460 e. The fraction of sp³-hybridized carbons (Fsp3) is 0.154. The van der Waals surface area contributed by atoms with E-state index < -0.39 is 38.6 Å². The summed E-state index contributed by atoms with van der Waals surface area (Å²) in [5.41, 5.74) is -2.51. The fourth-order valence-electron chi connectivity index (χ4n) is 1.86. The van der Waals surface area contributed by atoms with Crippen LogP contribution in [0.1, 0.15) is 17.1 Å². The van der Waals surface area contributed by atoms with Crippen LogP contribution in [0.15, 0.2) is 33.8 Å². The molecule has 0 unspecified atom stereocenters. The molecule has 0 saturated heterocycles. The van der Waals surface area contributed by atoms with Crippen molar-refractivity contribution in [3.05, 3.63) is 61.6 Å². The minimum absolute atomic E-state index is 0.196. The van der Waals surface area contributed by atoms with Crippen LogP contribution in [0.25, 0.3) is 0 Å². The van der Waals surface area contributed by atoms with Crippen LogP contribution in [0.2, 0.25) is 0 Å². The number of alkyl halides is 3. The van der Waals surface area contributed by atoms with Crippen molar-refractivity contribution < 1.29 is 27.4 Å². The van der Waals surface area contributed by atoms with Crippen LogP contribution in [0.5, 0.6) is 0 Å². The smallest absolute Gasteiger partial charge is 0.416 e. The molecule has 9 nitrogen and oxygen atoms in total. The summed E-state index contributed by atoms with van der Waals surface area (Å²) in [7, 11) is 0. The number of nitro groups is 2. The lowest BCUT2D eigenvalue weighted by atomic mass is 10.1. The second kappa shape index (κ2) is 6.59. The Labute approximate surface area is 137 Å².